The number of para-hydroxylation sites is 1. The zero-order valence-corrected chi connectivity index (χ0v) is 8.65. The van der Waals surface area contributed by atoms with Gasteiger partial charge in [0.05, 0.1) is 10.7 Å². The minimum atomic E-state index is -0.267. The van der Waals surface area contributed by atoms with Crippen LogP contribution in [-0.4, -0.2) is 6.54 Å². The molecule has 1 aromatic rings. The second-order valence-corrected chi connectivity index (χ2v) is 4.18. The van der Waals surface area contributed by atoms with Crippen molar-refractivity contribution < 1.29 is 4.39 Å². The highest BCUT2D eigenvalue weighted by Crippen LogP contribution is 2.29. The van der Waals surface area contributed by atoms with Gasteiger partial charge in [-0.25, -0.2) is 4.39 Å². The maximum atomic E-state index is 13.3. The van der Waals surface area contributed by atoms with Crippen LogP contribution in [0.4, 0.5) is 10.1 Å². The third kappa shape index (κ3) is 2.01. The van der Waals surface area contributed by atoms with Crippen molar-refractivity contribution in [1.82, 2.24) is 0 Å². The van der Waals surface area contributed by atoms with E-state index >= 15 is 0 Å². The van der Waals surface area contributed by atoms with Gasteiger partial charge in [0.25, 0.3) is 0 Å². The Labute approximate surface area is 88.3 Å². The molecule has 0 heterocycles. The molecule has 0 amide bonds. The molecule has 0 radical (unpaired) electrons. The van der Waals surface area contributed by atoms with Crippen molar-refractivity contribution >= 4 is 17.3 Å². The third-order valence-electron chi connectivity index (χ3n) is 2.76. The van der Waals surface area contributed by atoms with Crippen LogP contribution in [0.1, 0.15) is 19.3 Å². The topological polar surface area (TPSA) is 12.0 Å². The van der Waals surface area contributed by atoms with Crippen molar-refractivity contribution in [3.05, 3.63) is 29.0 Å². The first-order chi connectivity index (χ1) is 6.77. The first kappa shape index (κ1) is 9.78. The fourth-order valence-electron chi connectivity index (χ4n) is 1.61. The molecular weight excluding hydrogens is 201 g/mol. The number of halogens is 2. The Balaban J connectivity index is 2.00. The Hall–Kier alpha value is -0.760. The summed E-state index contributed by atoms with van der Waals surface area (Å²) < 4.78 is 13.3. The summed E-state index contributed by atoms with van der Waals surface area (Å²) in [6.45, 7) is 0.834. The Morgan fingerprint density at radius 3 is 2.79 bits per heavy atom. The van der Waals surface area contributed by atoms with Gasteiger partial charge in [0, 0.05) is 6.54 Å². The van der Waals surface area contributed by atoms with E-state index in [1.165, 1.54) is 25.3 Å². The van der Waals surface area contributed by atoms with Gasteiger partial charge >= 0.3 is 0 Å². The first-order valence-electron chi connectivity index (χ1n) is 4.95. The zero-order chi connectivity index (χ0) is 9.97. The molecular formula is C11H13ClFN. The van der Waals surface area contributed by atoms with Crippen LogP contribution in [0.15, 0.2) is 18.2 Å². The summed E-state index contributed by atoms with van der Waals surface area (Å²) in [4.78, 5) is 0. The van der Waals surface area contributed by atoms with Crippen LogP contribution in [0.2, 0.25) is 5.02 Å². The summed E-state index contributed by atoms with van der Waals surface area (Å²) in [5.74, 6) is 0.433. The highest BCUT2D eigenvalue weighted by molar-refractivity contribution is 6.33. The van der Waals surface area contributed by atoms with Gasteiger partial charge in [-0.3, -0.25) is 0 Å². The third-order valence-corrected chi connectivity index (χ3v) is 3.07. The lowest BCUT2D eigenvalue weighted by Gasteiger charge is -2.26. The molecule has 0 bridgehead atoms. The lowest BCUT2D eigenvalue weighted by atomic mass is 9.85. The molecule has 0 atom stereocenters. The average molecular weight is 214 g/mol. The molecule has 76 valence electrons. The van der Waals surface area contributed by atoms with Gasteiger partial charge in [-0.2, -0.15) is 0 Å². The van der Waals surface area contributed by atoms with Crippen molar-refractivity contribution in [3.8, 4) is 0 Å². The molecule has 1 aromatic carbocycles. The van der Waals surface area contributed by atoms with Gasteiger partial charge in [0.15, 0.2) is 0 Å². The fourth-order valence-corrected chi connectivity index (χ4v) is 1.84. The van der Waals surface area contributed by atoms with Gasteiger partial charge in [-0.15, -0.1) is 0 Å². The number of hydrogen-bond donors (Lipinski definition) is 1. The van der Waals surface area contributed by atoms with Crippen molar-refractivity contribution in [3.63, 3.8) is 0 Å². The summed E-state index contributed by atoms with van der Waals surface area (Å²) in [6.07, 6.45) is 3.80. The number of anilines is 1. The lowest BCUT2D eigenvalue weighted by Crippen LogP contribution is -2.21. The minimum Gasteiger partial charge on any atom is -0.381 e. The molecule has 2 rings (SSSR count). The highest BCUT2D eigenvalue weighted by atomic mass is 35.5. The molecule has 1 saturated carbocycles. The van der Waals surface area contributed by atoms with Crippen LogP contribution in [0.25, 0.3) is 0 Å². The smallest absolute Gasteiger partial charge is 0.147 e. The van der Waals surface area contributed by atoms with Gasteiger partial charge < -0.3 is 5.32 Å². The lowest BCUT2D eigenvalue weighted by molar-refractivity contribution is 0.333. The molecule has 0 spiro atoms. The zero-order valence-electron chi connectivity index (χ0n) is 7.89. The van der Waals surface area contributed by atoms with Crippen LogP contribution < -0.4 is 5.32 Å². The predicted octanol–water partition coefficient (Wildman–Crippen LogP) is 3.69. The quantitative estimate of drug-likeness (QED) is 0.808. The van der Waals surface area contributed by atoms with Crippen LogP contribution >= 0.6 is 11.6 Å². The van der Waals surface area contributed by atoms with E-state index in [0.29, 0.717) is 16.6 Å². The molecule has 1 aliphatic rings. The minimum absolute atomic E-state index is 0.267. The van der Waals surface area contributed by atoms with E-state index in [1.54, 1.807) is 12.1 Å². The second kappa shape index (κ2) is 4.18. The Morgan fingerprint density at radius 2 is 2.21 bits per heavy atom. The average Bonchev–Trinajstić information content (AvgIpc) is 2.07. The summed E-state index contributed by atoms with van der Waals surface area (Å²) in [5, 5.41) is 3.54. The van der Waals surface area contributed by atoms with Gasteiger partial charge in [-0.05, 0) is 30.9 Å². The molecule has 0 aromatic heterocycles. The van der Waals surface area contributed by atoms with E-state index in [4.69, 9.17) is 11.6 Å². The molecule has 1 N–H and O–H groups in total. The van der Waals surface area contributed by atoms with Crippen LogP contribution in [0, 0.1) is 11.7 Å². The van der Waals surface area contributed by atoms with E-state index in [-0.39, 0.29) is 5.82 Å². The van der Waals surface area contributed by atoms with Crippen LogP contribution in [0.5, 0.6) is 0 Å². The number of hydrogen-bond acceptors (Lipinski definition) is 1. The molecule has 0 aliphatic heterocycles. The van der Waals surface area contributed by atoms with E-state index in [1.807, 2.05) is 0 Å². The normalized spacial score (nSPS) is 16.4. The highest BCUT2D eigenvalue weighted by Gasteiger charge is 2.17. The van der Waals surface area contributed by atoms with E-state index in [2.05, 4.69) is 5.32 Å². The number of rotatable bonds is 3. The van der Waals surface area contributed by atoms with Crippen molar-refractivity contribution in [2.24, 2.45) is 5.92 Å². The molecule has 3 heteroatoms. The van der Waals surface area contributed by atoms with Crippen LogP contribution in [-0.2, 0) is 0 Å². The number of nitrogens with one attached hydrogen (secondary N) is 1. The van der Waals surface area contributed by atoms with Crippen molar-refractivity contribution in [2.45, 2.75) is 19.3 Å². The summed E-state index contributed by atoms with van der Waals surface area (Å²) in [5.41, 5.74) is 0.445. The maximum Gasteiger partial charge on any atom is 0.147 e. The van der Waals surface area contributed by atoms with Gasteiger partial charge in [0.2, 0.25) is 0 Å². The predicted molar refractivity (Wildman–Crippen MR) is 57.2 cm³/mol. The Bertz CT molecular complexity index is 303. The second-order valence-electron chi connectivity index (χ2n) is 3.77. The van der Waals surface area contributed by atoms with Gasteiger partial charge in [-0.1, -0.05) is 24.1 Å². The van der Waals surface area contributed by atoms with E-state index in [0.717, 1.165) is 6.54 Å². The van der Waals surface area contributed by atoms with Crippen molar-refractivity contribution in [1.29, 1.82) is 0 Å². The molecule has 1 fully saturated rings. The van der Waals surface area contributed by atoms with Crippen molar-refractivity contribution in [2.75, 3.05) is 11.9 Å². The van der Waals surface area contributed by atoms with E-state index in [9.17, 15) is 4.39 Å². The largest absolute Gasteiger partial charge is 0.381 e. The Kier molecular flexibility index (Phi) is 2.92. The SMILES string of the molecule is Fc1cccc(Cl)c1NCC1CCC1. The molecule has 14 heavy (non-hydrogen) atoms. The summed E-state index contributed by atoms with van der Waals surface area (Å²) in [7, 11) is 0. The molecule has 0 saturated heterocycles. The molecule has 0 unspecified atom stereocenters. The maximum absolute atomic E-state index is 13.3. The summed E-state index contributed by atoms with van der Waals surface area (Å²) >= 11 is 5.87. The molecule has 1 nitrogen and oxygen atoms in total. The fraction of sp³-hybridized carbons (Fsp3) is 0.455. The molecule has 1 aliphatic carbocycles. The monoisotopic (exact) mass is 213 g/mol. The standard InChI is InChI=1S/C11H13ClFN/c12-9-5-2-6-10(13)11(9)14-7-8-3-1-4-8/h2,5-6,8,14H,1,3-4,7H2. The van der Waals surface area contributed by atoms with Gasteiger partial charge in [0.1, 0.15) is 5.82 Å². The van der Waals surface area contributed by atoms with E-state index < -0.39 is 0 Å². The first-order valence-corrected chi connectivity index (χ1v) is 5.33. The Morgan fingerprint density at radius 1 is 1.43 bits per heavy atom. The summed E-state index contributed by atoms with van der Waals surface area (Å²) in [6, 6.07) is 4.74. The number of benzene rings is 1. The van der Waals surface area contributed by atoms with Crippen LogP contribution in [0.3, 0.4) is 0 Å².